The average molecular weight is 600 g/mol. The number of amides is 1. The first kappa shape index (κ1) is 30.9. The van der Waals surface area contributed by atoms with Crippen LogP contribution in [0.1, 0.15) is 27.8 Å². The number of nitrogens with one attached hydrogen (secondary N) is 1. The van der Waals surface area contributed by atoms with Gasteiger partial charge < -0.3 is 10.1 Å². The molecule has 0 unspecified atom stereocenters. The summed E-state index contributed by atoms with van der Waals surface area (Å²) >= 11 is 0. The number of sulfonamides is 2. The van der Waals surface area contributed by atoms with E-state index in [1.54, 1.807) is 26.0 Å². The van der Waals surface area contributed by atoms with Crippen molar-refractivity contribution in [2.45, 2.75) is 43.5 Å². The number of hydrogen-bond acceptors (Lipinski definition) is 6. The second-order valence-corrected chi connectivity index (χ2v) is 14.1. The van der Waals surface area contributed by atoms with Crippen LogP contribution in [0.4, 0.5) is 0 Å². The van der Waals surface area contributed by atoms with Crippen LogP contribution in [0.15, 0.2) is 76.5 Å². The van der Waals surface area contributed by atoms with Crippen LogP contribution in [0.25, 0.3) is 0 Å². The van der Waals surface area contributed by atoms with Crippen LogP contribution >= 0.6 is 0 Å². The molecule has 0 radical (unpaired) electrons. The maximum atomic E-state index is 13.9. The van der Waals surface area contributed by atoms with Gasteiger partial charge in [-0.25, -0.2) is 16.8 Å². The quantitative estimate of drug-likeness (QED) is 0.362. The Kier molecular flexibility index (Phi) is 9.98. The first-order valence-electron chi connectivity index (χ1n) is 13.5. The van der Waals surface area contributed by atoms with Gasteiger partial charge in [0.15, 0.2) is 0 Å². The summed E-state index contributed by atoms with van der Waals surface area (Å²) in [7, 11) is -7.58. The number of morpholine rings is 1. The first-order chi connectivity index (χ1) is 19.5. The number of hydrogen-bond donors (Lipinski definition) is 1. The standard InChI is InChI=1S/C30H37N3O6S2/c1-23-19-24(2)30(25(3)20-23)41(37,38)33(14-13-26-7-5-4-6-8-26)22-29(34)31-21-27-9-11-28(12-10-27)40(35,36)32-15-17-39-18-16-32/h4-12,19-20H,13-18,21-22H2,1-3H3,(H,31,34). The zero-order chi connectivity index (χ0) is 29.6. The van der Waals surface area contributed by atoms with Crippen LogP contribution < -0.4 is 5.32 Å². The summed E-state index contributed by atoms with van der Waals surface area (Å²) in [5.41, 5.74) is 3.91. The minimum Gasteiger partial charge on any atom is -0.379 e. The summed E-state index contributed by atoms with van der Waals surface area (Å²) in [6.45, 7) is 6.74. The molecule has 1 aliphatic rings. The molecule has 9 nitrogen and oxygen atoms in total. The molecule has 0 aliphatic carbocycles. The highest BCUT2D eigenvalue weighted by molar-refractivity contribution is 7.89. The van der Waals surface area contributed by atoms with Gasteiger partial charge in [0.2, 0.25) is 26.0 Å². The predicted molar refractivity (Wildman–Crippen MR) is 157 cm³/mol. The molecular formula is C30H37N3O6S2. The lowest BCUT2D eigenvalue weighted by atomic mass is 10.1. The van der Waals surface area contributed by atoms with Crippen molar-refractivity contribution < 1.29 is 26.4 Å². The molecule has 1 aliphatic heterocycles. The van der Waals surface area contributed by atoms with E-state index in [4.69, 9.17) is 4.74 Å². The summed E-state index contributed by atoms with van der Waals surface area (Å²) in [5, 5.41) is 2.79. The number of rotatable bonds is 11. The summed E-state index contributed by atoms with van der Waals surface area (Å²) in [5.74, 6) is -0.450. The molecule has 0 saturated carbocycles. The van der Waals surface area contributed by atoms with E-state index in [0.29, 0.717) is 49.4 Å². The highest BCUT2D eigenvalue weighted by Gasteiger charge is 2.30. The first-order valence-corrected chi connectivity index (χ1v) is 16.4. The van der Waals surface area contributed by atoms with Gasteiger partial charge in [0.25, 0.3) is 0 Å². The molecule has 0 bridgehead atoms. The normalized spacial score (nSPS) is 14.7. The molecule has 0 spiro atoms. The number of benzene rings is 3. The summed E-state index contributed by atoms with van der Waals surface area (Å²) in [6, 6.07) is 19.5. The molecule has 1 N–H and O–H groups in total. The Hall–Kier alpha value is -3.09. The van der Waals surface area contributed by atoms with Crippen LogP contribution in [0.2, 0.25) is 0 Å². The fourth-order valence-electron chi connectivity index (χ4n) is 5.02. The molecule has 1 heterocycles. The van der Waals surface area contributed by atoms with Gasteiger partial charge in [-0.15, -0.1) is 0 Å². The van der Waals surface area contributed by atoms with Crippen LogP contribution in [0.5, 0.6) is 0 Å². The molecule has 1 saturated heterocycles. The lowest BCUT2D eigenvalue weighted by Crippen LogP contribution is -2.42. The van der Waals surface area contributed by atoms with E-state index in [1.165, 1.54) is 20.7 Å². The van der Waals surface area contributed by atoms with E-state index in [2.05, 4.69) is 5.32 Å². The zero-order valence-corrected chi connectivity index (χ0v) is 25.3. The number of aryl methyl sites for hydroxylation is 3. The Balaban J connectivity index is 1.46. The lowest BCUT2D eigenvalue weighted by molar-refractivity contribution is -0.121. The van der Waals surface area contributed by atoms with Crippen LogP contribution in [0.3, 0.4) is 0 Å². The van der Waals surface area contributed by atoms with Crippen LogP contribution in [-0.4, -0.2) is 70.7 Å². The second-order valence-electron chi connectivity index (χ2n) is 10.2. The predicted octanol–water partition coefficient (Wildman–Crippen LogP) is 3.18. The van der Waals surface area contributed by atoms with Crippen molar-refractivity contribution in [3.05, 3.63) is 94.5 Å². The highest BCUT2D eigenvalue weighted by atomic mass is 32.2. The van der Waals surface area contributed by atoms with Crippen molar-refractivity contribution in [3.8, 4) is 0 Å². The zero-order valence-electron chi connectivity index (χ0n) is 23.7. The molecule has 0 aromatic heterocycles. The molecule has 3 aromatic carbocycles. The van der Waals surface area contributed by atoms with Crippen molar-refractivity contribution in [2.75, 3.05) is 39.4 Å². The fraction of sp³-hybridized carbons (Fsp3) is 0.367. The topological polar surface area (TPSA) is 113 Å². The van der Waals surface area contributed by atoms with Crippen molar-refractivity contribution in [2.24, 2.45) is 0 Å². The molecule has 1 fully saturated rings. The number of nitrogens with zero attached hydrogens (tertiary/aromatic N) is 2. The molecule has 4 rings (SSSR count). The Labute approximate surface area is 243 Å². The van der Waals surface area contributed by atoms with Gasteiger partial charge in [0.1, 0.15) is 0 Å². The number of carbonyl (C=O) groups excluding carboxylic acids is 1. The third kappa shape index (κ3) is 7.60. The molecule has 1 amide bonds. The van der Waals surface area contributed by atoms with Crippen molar-refractivity contribution in [1.82, 2.24) is 13.9 Å². The van der Waals surface area contributed by atoms with Gasteiger partial charge in [-0.2, -0.15) is 8.61 Å². The van der Waals surface area contributed by atoms with Gasteiger partial charge in [0, 0.05) is 26.2 Å². The Morgan fingerprint density at radius 1 is 0.878 bits per heavy atom. The molecule has 11 heteroatoms. The largest absolute Gasteiger partial charge is 0.379 e. The Morgan fingerprint density at radius 2 is 1.49 bits per heavy atom. The van der Waals surface area contributed by atoms with Crippen molar-refractivity contribution in [1.29, 1.82) is 0 Å². The van der Waals surface area contributed by atoms with E-state index in [0.717, 1.165) is 11.1 Å². The molecule has 41 heavy (non-hydrogen) atoms. The number of ether oxygens (including phenoxy) is 1. The van der Waals surface area contributed by atoms with Crippen LogP contribution in [0, 0.1) is 20.8 Å². The van der Waals surface area contributed by atoms with Gasteiger partial charge in [-0.05, 0) is 61.6 Å². The van der Waals surface area contributed by atoms with Gasteiger partial charge in [-0.1, -0.05) is 60.2 Å². The Bertz CT molecular complexity index is 1550. The van der Waals surface area contributed by atoms with E-state index < -0.39 is 26.0 Å². The van der Waals surface area contributed by atoms with E-state index >= 15 is 0 Å². The second kappa shape index (κ2) is 13.3. The minimum atomic E-state index is -3.97. The summed E-state index contributed by atoms with van der Waals surface area (Å²) in [4.78, 5) is 13.4. The summed E-state index contributed by atoms with van der Waals surface area (Å²) in [6.07, 6.45) is 0.455. The Morgan fingerprint density at radius 3 is 2.10 bits per heavy atom. The smallest absolute Gasteiger partial charge is 0.244 e. The lowest BCUT2D eigenvalue weighted by Gasteiger charge is -2.26. The maximum Gasteiger partial charge on any atom is 0.244 e. The summed E-state index contributed by atoms with van der Waals surface area (Å²) < 4.78 is 61.3. The average Bonchev–Trinajstić information content (AvgIpc) is 2.94. The highest BCUT2D eigenvalue weighted by Crippen LogP contribution is 2.26. The van der Waals surface area contributed by atoms with E-state index in [9.17, 15) is 21.6 Å². The van der Waals surface area contributed by atoms with E-state index in [-0.39, 0.29) is 29.4 Å². The van der Waals surface area contributed by atoms with Gasteiger partial charge in [0.05, 0.1) is 29.5 Å². The van der Waals surface area contributed by atoms with Gasteiger partial charge in [-0.3, -0.25) is 4.79 Å². The van der Waals surface area contributed by atoms with Crippen LogP contribution in [-0.2, 0) is 42.5 Å². The monoisotopic (exact) mass is 599 g/mol. The molecule has 220 valence electrons. The van der Waals surface area contributed by atoms with Gasteiger partial charge >= 0.3 is 0 Å². The third-order valence-corrected chi connectivity index (χ3v) is 11.1. The minimum absolute atomic E-state index is 0.131. The van der Waals surface area contributed by atoms with Crippen molar-refractivity contribution in [3.63, 3.8) is 0 Å². The third-order valence-electron chi connectivity index (χ3n) is 7.04. The fourth-order valence-corrected chi connectivity index (χ4v) is 8.23. The number of carbonyl (C=O) groups is 1. The van der Waals surface area contributed by atoms with E-state index in [1.807, 2.05) is 49.4 Å². The molecule has 3 aromatic rings. The SMILES string of the molecule is Cc1cc(C)c(S(=O)(=O)N(CCc2ccccc2)CC(=O)NCc2ccc(S(=O)(=O)N3CCOCC3)cc2)c(C)c1. The molecular weight excluding hydrogens is 562 g/mol. The maximum absolute atomic E-state index is 13.9. The molecule has 0 atom stereocenters. The van der Waals surface area contributed by atoms with Crippen molar-refractivity contribution >= 4 is 26.0 Å².